The first kappa shape index (κ1) is 18.7. The molecule has 3 rings (SSSR count). The van der Waals surface area contributed by atoms with Crippen molar-refractivity contribution >= 4 is 17.7 Å². The molecule has 0 bridgehead atoms. The Morgan fingerprint density at radius 3 is 2.85 bits per heavy atom. The third-order valence-electron chi connectivity index (χ3n) is 4.30. The van der Waals surface area contributed by atoms with Crippen LogP contribution in [0.3, 0.4) is 0 Å². The summed E-state index contributed by atoms with van der Waals surface area (Å²) >= 11 is 6.04. The quantitative estimate of drug-likeness (QED) is 0.728. The van der Waals surface area contributed by atoms with E-state index in [1.165, 1.54) is 0 Å². The molecule has 1 aromatic carbocycles. The second-order valence-electron chi connectivity index (χ2n) is 7.79. The van der Waals surface area contributed by atoms with E-state index in [9.17, 15) is 4.79 Å². The number of halogens is 1. The van der Waals surface area contributed by atoms with Gasteiger partial charge in [-0.2, -0.15) is 4.98 Å². The zero-order valence-electron chi connectivity index (χ0n) is 15.5. The van der Waals surface area contributed by atoms with E-state index in [1.54, 1.807) is 17.0 Å². The molecule has 0 spiro atoms. The fourth-order valence-corrected chi connectivity index (χ4v) is 3.22. The second kappa shape index (κ2) is 7.27. The van der Waals surface area contributed by atoms with Crippen molar-refractivity contribution in [2.75, 3.05) is 6.54 Å². The molecule has 1 aliphatic rings. The number of piperidine rings is 1. The van der Waals surface area contributed by atoms with Gasteiger partial charge in [-0.15, -0.1) is 0 Å². The van der Waals surface area contributed by atoms with E-state index in [2.05, 4.69) is 17.1 Å². The first-order valence-corrected chi connectivity index (χ1v) is 9.20. The minimum atomic E-state index is -0.550. The van der Waals surface area contributed by atoms with Crippen LogP contribution in [0.2, 0.25) is 5.02 Å². The molecule has 1 aromatic heterocycles. The molecule has 1 fully saturated rings. The van der Waals surface area contributed by atoms with Gasteiger partial charge in [0.2, 0.25) is 11.7 Å². The number of hydrogen-bond acceptors (Lipinski definition) is 5. The fraction of sp³-hybridized carbons (Fsp3) is 0.526. The Balaban J connectivity index is 1.86. The number of likely N-dealkylation sites (tertiary alicyclic amines) is 1. The van der Waals surface area contributed by atoms with Crippen molar-refractivity contribution in [3.63, 3.8) is 0 Å². The van der Waals surface area contributed by atoms with Crippen LogP contribution in [0.15, 0.2) is 28.8 Å². The van der Waals surface area contributed by atoms with Crippen LogP contribution in [0.1, 0.15) is 52.5 Å². The number of amides is 1. The van der Waals surface area contributed by atoms with Gasteiger partial charge >= 0.3 is 6.09 Å². The standard InChI is InChI=1S/C19H24ClN3O3/c1-12-8-9-23(18(24)25-19(2,3)4)15(10-12)17-21-16(22-26-17)13-6-5-7-14(20)11-13/h5-7,11-12,15H,8-10H2,1-4H3. The Kier molecular flexibility index (Phi) is 5.23. The Bertz CT molecular complexity index is 784. The summed E-state index contributed by atoms with van der Waals surface area (Å²) in [7, 11) is 0. The van der Waals surface area contributed by atoms with Gasteiger partial charge in [-0.3, -0.25) is 4.90 Å². The van der Waals surface area contributed by atoms with Crippen molar-refractivity contribution in [1.29, 1.82) is 0 Å². The van der Waals surface area contributed by atoms with Crippen LogP contribution in [0.5, 0.6) is 0 Å². The molecule has 6 nitrogen and oxygen atoms in total. The lowest BCUT2D eigenvalue weighted by atomic mass is 9.92. The van der Waals surface area contributed by atoms with Gasteiger partial charge in [0.25, 0.3) is 0 Å². The summed E-state index contributed by atoms with van der Waals surface area (Å²) in [6, 6.07) is 7.00. The summed E-state index contributed by atoms with van der Waals surface area (Å²) in [6.45, 7) is 8.34. The number of carbonyl (C=O) groups excluding carboxylic acids is 1. The smallest absolute Gasteiger partial charge is 0.410 e. The second-order valence-corrected chi connectivity index (χ2v) is 8.22. The number of aromatic nitrogens is 2. The van der Waals surface area contributed by atoms with E-state index < -0.39 is 5.60 Å². The molecule has 0 radical (unpaired) electrons. The highest BCUT2D eigenvalue weighted by Crippen LogP contribution is 2.35. The van der Waals surface area contributed by atoms with Gasteiger partial charge in [0, 0.05) is 17.1 Å². The summed E-state index contributed by atoms with van der Waals surface area (Å²) in [5, 5.41) is 4.68. The predicted molar refractivity (Wildman–Crippen MR) is 98.8 cm³/mol. The molecule has 2 atom stereocenters. The van der Waals surface area contributed by atoms with Crippen LogP contribution >= 0.6 is 11.6 Å². The van der Waals surface area contributed by atoms with Crippen molar-refractivity contribution in [3.05, 3.63) is 35.2 Å². The Hall–Kier alpha value is -2.08. The van der Waals surface area contributed by atoms with E-state index in [1.807, 2.05) is 32.9 Å². The highest BCUT2D eigenvalue weighted by atomic mass is 35.5. The molecule has 26 heavy (non-hydrogen) atoms. The van der Waals surface area contributed by atoms with Crippen molar-refractivity contribution < 1.29 is 14.1 Å². The molecule has 2 aromatic rings. The van der Waals surface area contributed by atoms with Gasteiger partial charge in [0.05, 0.1) is 0 Å². The molecule has 0 aliphatic carbocycles. The Labute approximate surface area is 158 Å². The molecular weight excluding hydrogens is 354 g/mol. The van der Waals surface area contributed by atoms with Gasteiger partial charge < -0.3 is 9.26 Å². The normalized spacial score (nSPS) is 20.9. The summed E-state index contributed by atoms with van der Waals surface area (Å²) in [6.07, 6.45) is 1.33. The lowest BCUT2D eigenvalue weighted by Crippen LogP contribution is -2.43. The van der Waals surface area contributed by atoms with Gasteiger partial charge in [0.15, 0.2) is 0 Å². The molecule has 1 saturated heterocycles. The van der Waals surface area contributed by atoms with Crippen molar-refractivity contribution in [1.82, 2.24) is 15.0 Å². The number of ether oxygens (including phenoxy) is 1. The third-order valence-corrected chi connectivity index (χ3v) is 4.54. The van der Waals surface area contributed by atoms with Crippen LogP contribution in [0.4, 0.5) is 4.79 Å². The molecule has 0 N–H and O–H groups in total. The molecule has 7 heteroatoms. The first-order valence-electron chi connectivity index (χ1n) is 8.82. The Morgan fingerprint density at radius 2 is 2.15 bits per heavy atom. The minimum absolute atomic E-state index is 0.283. The summed E-state index contributed by atoms with van der Waals surface area (Å²) < 4.78 is 11.1. The van der Waals surface area contributed by atoms with Crippen LogP contribution in [0, 0.1) is 5.92 Å². The average Bonchev–Trinajstić information content (AvgIpc) is 3.03. The lowest BCUT2D eigenvalue weighted by Gasteiger charge is -2.37. The van der Waals surface area contributed by atoms with Gasteiger partial charge in [0.1, 0.15) is 11.6 Å². The maximum absolute atomic E-state index is 12.6. The predicted octanol–water partition coefficient (Wildman–Crippen LogP) is 5.10. The zero-order valence-corrected chi connectivity index (χ0v) is 16.3. The minimum Gasteiger partial charge on any atom is -0.444 e. The SMILES string of the molecule is CC1CCN(C(=O)OC(C)(C)C)C(c2nc(-c3cccc(Cl)c3)no2)C1. The number of hydrogen-bond donors (Lipinski definition) is 0. The van der Waals surface area contributed by atoms with E-state index in [-0.39, 0.29) is 12.1 Å². The number of benzene rings is 1. The highest BCUT2D eigenvalue weighted by Gasteiger charge is 2.37. The van der Waals surface area contributed by atoms with E-state index >= 15 is 0 Å². The molecule has 1 amide bonds. The summed E-state index contributed by atoms with van der Waals surface area (Å²) in [4.78, 5) is 18.8. The molecule has 2 unspecified atom stereocenters. The van der Waals surface area contributed by atoms with Gasteiger partial charge in [-0.05, 0) is 51.7 Å². The Morgan fingerprint density at radius 1 is 1.38 bits per heavy atom. The van der Waals surface area contributed by atoms with Crippen LogP contribution < -0.4 is 0 Å². The highest BCUT2D eigenvalue weighted by molar-refractivity contribution is 6.30. The lowest BCUT2D eigenvalue weighted by molar-refractivity contribution is 0.000423. The maximum atomic E-state index is 12.6. The van der Waals surface area contributed by atoms with Crippen LogP contribution in [-0.4, -0.2) is 33.3 Å². The summed E-state index contributed by atoms with van der Waals surface area (Å²) in [5.41, 5.74) is 0.228. The number of carbonyl (C=O) groups is 1. The van der Waals surface area contributed by atoms with Crippen molar-refractivity contribution in [2.45, 2.75) is 52.2 Å². The van der Waals surface area contributed by atoms with Crippen LogP contribution in [-0.2, 0) is 4.74 Å². The molecule has 1 aliphatic heterocycles. The topological polar surface area (TPSA) is 68.5 Å². The third kappa shape index (κ3) is 4.36. The zero-order chi connectivity index (χ0) is 18.9. The average molecular weight is 378 g/mol. The van der Waals surface area contributed by atoms with Gasteiger partial charge in [-0.25, -0.2) is 4.79 Å². The van der Waals surface area contributed by atoms with Crippen molar-refractivity contribution in [2.24, 2.45) is 5.92 Å². The van der Waals surface area contributed by atoms with E-state index in [0.29, 0.717) is 29.2 Å². The maximum Gasteiger partial charge on any atom is 0.410 e. The van der Waals surface area contributed by atoms with Crippen molar-refractivity contribution in [3.8, 4) is 11.4 Å². The number of rotatable bonds is 2. The molecule has 2 heterocycles. The fourth-order valence-electron chi connectivity index (χ4n) is 3.03. The summed E-state index contributed by atoms with van der Waals surface area (Å²) in [5.74, 6) is 1.35. The van der Waals surface area contributed by atoms with Gasteiger partial charge in [-0.1, -0.05) is 35.8 Å². The van der Waals surface area contributed by atoms with E-state index in [0.717, 1.165) is 18.4 Å². The molecule has 0 saturated carbocycles. The largest absolute Gasteiger partial charge is 0.444 e. The monoisotopic (exact) mass is 377 g/mol. The first-order chi connectivity index (χ1) is 12.2. The van der Waals surface area contributed by atoms with E-state index in [4.69, 9.17) is 20.9 Å². The molecule has 140 valence electrons. The molecular formula is C19H24ClN3O3. The van der Waals surface area contributed by atoms with Crippen LogP contribution in [0.25, 0.3) is 11.4 Å². The number of nitrogens with zero attached hydrogens (tertiary/aromatic N) is 3.